The Morgan fingerprint density at radius 1 is 1.35 bits per heavy atom. The molecule has 1 saturated heterocycles. The molecule has 34 heavy (non-hydrogen) atoms. The van der Waals surface area contributed by atoms with E-state index in [1.165, 1.54) is 17.4 Å². The number of thiazole rings is 1. The van der Waals surface area contributed by atoms with Crippen LogP contribution in [0.25, 0.3) is 10.4 Å². The first-order chi connectivity index (χ1) is 16.1. The fourth-order valence-corrected chi connectivity index (χ4v) is 5.91. The lowest BCUT2D eigenvalue weighted by Crippen LogP contribution is -2.51. The monoisotopic (exact) mass is 483 g/mol. The van der Waals surface area contributed by atoms with Crippen LogP contribution in [0.2, 0.25) is 0 Å². The topological polar surface area (TPSA) is 83.3 Å². The van der Waals surface area contributed by atoms with E-state index in [2.05, 4.69) is 11.1 Å². The number of nitrogens with zero attached hydrogens (tertiary/aromatic N) is 3. The summed E-state index contributed by atoms with van der Waals surface area (Å²) in [6.07, 6.45) is 3.93. The van der Waals surface area contributed by atoms with Gasteiger partial charge >= 0.3 is 6.09 Å². The molecular formula is C26H30FN3O3S. The number of rotatable bonds is 6. The fourth-order valence-electron chi connectivity index (χ4n) is 5.13. The minimum absolute atomic E-state index is 0.00898. The average molecular weight is 484 g/mol. The fraction of sp³-hybridized carbons (Fsp3) is 0.538. The van der Waals surface area contributed by atoms with Gasteiger partial charge in [0.05, 0.1) is 27.9 Å². The SMILES string of the molecule is Cc1ncc(-c2ccc(C[C@@H](C#N)CC(=O)[C@@H]3[C@H]4CC[C@H](C4)N3C(=O)OC(C)(C)C)c(F)c2)s1. The molecule has 2 heterocycles. The first kappa shape index (κ1) is 24.3. The van der Waals surface area contributed by atoms with Crippen LogP contribution in [0.4, 0.5) is 9.18 Å². The van der Waals surface area contributed by atoms with Gasteiger partial charge in [-0.15, -0.1) is 11.3 Å². The summed E-state index contributed by atoms with van der Waals surface area (Å²) < 4.78 is 20.4. The number of carbonyl (C=O) groups excluding carboxylic acids is 2. The molecule has 2 fully saturated rings. The van der Waals surface area contributed by atoms with Crippen LogP contribution in [0.5, 0.6) is 0 Å². The standard InChI is InChI=1S/C26H30FN3O3S/c1-15-29-14-23(34-15)18-6-5-17(21(27)12-18)9-16(13-28)10-22(31)24-19-7-8-20(11-19)30(24)25(32)33-26(2,3)4/h5-6,12,14,16,19-20,24H,7-11H2,1-4H3/t16-,19+,20-,24+/m1/s1. The lowest BCUT2D eigenvalue weighted by Gasteiger charge is -2.35. The number of aryl methyl sites for hydroxylation is 1. The Bertz CT molecular complexity index is 1130. The number of ether oxygens (including phenoxy) is 1. The van der Waals surface area contributed by atoms with E-state index in [0.717, 1.165) is 34.7 Å². The molecule has 1 aliphatic carbocycles. The van der Waals surface area contributed by atoms with Crippen LogP contribution in [-0.2, 0) is 16.0 Å². The normalized spacial score (nSPS) is 22.5. The third-order valence-corrected chi connectivity index (χ3v) is 7.54. The van der Waals surface area contributed by atoms with Crippen molar-refractivity contribution in [1.29, 1.82) is 5.26 Å². The Kier molecular flexibility index (Phi) is 6.77. The van der Waals surface area contributed by atoms with Crippen LogP contribution < -0.4 is 0 Å². The second-order valence-corrected chi connectivity index (χ2v) is 11.5. The summed E-state index contributed by atoms with van der Waals surface area (Å²) in [5.74, 6) is -1.10. The van der Waals surface area contributed by atoms with Gasteiger partial charge in [-0.3, -0.25) is 9.69 Å². The summed E-state index contributed by atoms with van der Waals surface area (Å²) in [5.41, 5.74) is 0.496. The van der Waals surface area contributed by atoms with Crippen molar-refractivity contribution in [2.45, 2.75) is 77.5 Å². The van der Waals surface area contributed by atoms with Gasteiger partial charge in [0, 0.05) is 18.7 Å². The number of hydrogen-bond donors (Lipinski definition) is 0. The number of benzene rings is 1. The number of Topliss-reactive ketones (excluding diaryl/α,β-unsaturated/α-hetero) is 1. The molecule has 2 aromatic rings. The first-order valence-electron chi connectivity index (χ1n) is 11.7. The summed E-state index contributed by atoms with van der Waals surface area (Å²) in [4.78, 5) is 32.8. The van der Waals surface area contributed by atoms with Crippen molar-refractivity contribution in [2.75, 3.05) is 0 Å². The molecular weight excluding hydrogens is 453 g/mol. The number of nitriles is 1. The number of aromatic nitrogens is 1. The Hall–Kier alpha value is -2.79. The van der Waals surface area contributed by atoms with E-state index in [0.29, 0.717) is 5.56 Å². The highest BCUT2D eigenvalue weighted by atomic mass is 32.1. The lowest BCUT2D eigenvalue weighted by atomic mass is 9.87. The number of fused-ring (bicyclic) bond motifs is 2. The zero-order valence-corrected chi connectivity index (χ0v) is 20.8. The van der Waals surface area contributed by atoms with Crippen LogP contribution in [0.1, 0.15) is 57.0 Å². The maximum atomic E-state index is 14.8. The van der Waals surface area contributed by atoms with Gasteiger partial charge in [-0.05, 0) is 76.5 Å². The molecule has 1 aliphatic heterocycles. The molecule has 1 aromatic heterocycles. The van der Waals surface area contributed by atoms with Gasteiger partial charge in [0.15, 0.2) is 5.78 Å². The van der Waals surface area contributed by atoms with E-state index in [9.17, 15) is 19.2 Å². The van der Waals surface area contributed by atoms with Crippen molar-refractivity contribution in [2.24, 2.45) is 11.8 Å². The second-order valence-electron chi connectivity index (χ2n) is 10.3. The Balaban J connectivity index is 1.45. The first-order valence-corrected chi connectivity index (χ1v) is 12.5. The number of ketones is 1. The molecule has 180 valence electrons. The van der Waals surface area contributed by atoms with E-state index in [-0.39, 0.29) is 30.6 Å². The molecule has 1 aromatic carbocycles. The van der Waals surface area contributed by atoms with Gasteiger partial charge in [-0.1, -0.05) is 12.1 Å². The number of likely N-dealkylation sites (tertiary alicyclic amines) is 1. The molecule has 4 rings (SSSR count). The maximum absolute atomic E-state index is 14.8. The van der Waals surface area contributed by atoms with Gasteiger partial charge in [0.1, 0.15) is 11.4 Å². The maximum Gasteiger partial charge on any atom is 0.411 e. The highest BCUT2D eigenvalue weighted by Gasteiger charge is 2.52. The van der Waals surface area contributed by atoms with Crippen LogP contribution in [0, 0.1) is 35.9 Å². The quantitative estimate of drug-likeness (QED) is 0.527. The average Bonchev–Trinajstić information content (AvgIpc) is 3.49. The molecule has 6 nitrogen and oxygen atoms in total. The molecule has 0 N–H and O–H groups in total. The van der Waals surface area contributed by atoms with Crippen molar-refractivity contribution >= 4 is 23.2 Å². The number of carbonyl (C=O) groups is 2. The lowest BCUT2D eigenvalue weighted by molar-refractivity contribution is -0.126. The number of hydrogen-bond acceptors (Lipinski definition) is 6. The molecule has 2 aliphatic rings. The minimum Gasteiger partial charge on any atom is -0.444 e. The second kappa shape index (κ2) is 9.46. The molecule has 0 unspecified atom stereocenters. The molecule has 8 heteroatoms. The summed E-state index contributed by atoms with van der Waals surface area (Å²) in [6.45, 7) is 7.31. The zero-order chi connectivity index (χ0) is 24.6. The molecule has 0 radical (unpaired) electrons. The molecule has 1 saturated carbocycles. The van der Waals surface area contributed by atoms with Crippen LogP contribution >= 0.6 is 11.3 Å². The van der Waals surface area contributed by atoms with Gasteiger partial charge < -0.3 is 4.74 Å². The van der Waals surface area contributed by atoms with Crippen molar-refractivity contribution in [3.63, 3.8) is 0 Å². The third kappa shape index (κ3) is 5.15. The number of amides is 1. The number of halogens is 1. The van der Waals surface area contributed by atoms with Crippen molar-refractivity contribution in [3.8, 4) is 16.5 Å². The van der Waals surface area contributed by atoms with E-state index >= 15 is 0 Å². The smallest absolute Gasteiger partial charge is 0.411 e. The molecule has 4 atom stereocenters. The molecule has 0 spiro atoms. The summed E-state index contributed by atoms with van der Waals surface area (Å²) >= 11 is 1.49. The van der Waals surface area contributed by atoms with E-state index in [1.54, 1.807) is 37.9 Å². The highest BCUT2D eigenvalue weighted by Crippen LogP contribution is 2.44. The van der Waals surface area contributed by atoms with Gasteiger partial charge in [-0.2, -0.15) is 5.26 Å². The number of piperidine rings is 1. The largest absolute Gasteiger partial charge is 0.444 e. The van der Waals surface area contributed by atoms with Gasteiger partial charge in [0.2, 0.25) is 0 Å². The van der Waals surface area contributed by atoms with E-state index in [1.807, 2.05) is 13.0 Å². The Labute approximate surface area is 203 Å². The summed E-state index contributed by atoms with van der Waals surface area (Å²) in [5, 5.41) is 10.6. The molecule has 1 amide bonds. The predicted octanol–water partition coefficient (Wildman–Crippen LogP) is 5.69. The highest BCUT2D eigenvalue weighted by molar-refractivity contribution is 7.15. The van der Waals surface area contributed by atoms with Gasteiger partial charge in [-0.25, -0.2) is 14.2 Å². The van der Waals surface area contributed by atoms with E-state index < -0.39 is 29.5 Å². The predicted molar refractivity (Wildman–Crippen MR) is 128 cm³/mol. The van der Waals surface area contributed by atoms with Gasteiger partial charge in [0.25, 0.3) is 0 Å². The van der Waals surface area contributed by atoms with Crippen molar-refractivity contribution in [3.05, 3.63) is 40.8 Å². The van der Waals surface area contributed by atoms with Crippen LogP contribution in [0.3, 0.4) is 0 Å². The summed E-state index contributed by atoms with van der Waals surface area (Å²) in [6, 6.07) is 6.58. The third-order valence-electron chi connectivity index (χ3n) is 6.57. The van der Waals surface area contributed by atoms with Crippen molar-refractivity contribution in [1.82, 2.24) is 9.88 Å². The summed E-state index contributed by atoms with van der Waals surface area (Å²) in [7, 11) is 0. The Morgan fingerprint density at radius 2 is 2.12 bits per heavy atom. The zero-order valence-electron chi connectivity index (χ0n) is 20.0. The van der Waals surface area contributed by atoms with Crippen LogP contribution in [0.15, 0.2) is 24.4 Å². The Morgan fingerprint density at radius 3 is 2.74 bits per heavy atom. The van der Waals surface area contributed by atoms with Crippen molar-refractivity contribution < 1.29 is 18.7 Å². The minimum atomic E-state index is -0.668. The van der Waals surface area contributed by atoms with Crippen LogP contribution in [-0.4, -0.2) is 39.4 Å². The molecule has 2 bridgehead atoms. The van der Waals surface area contributed by atoms with E-state index in [4.69, 9.17) is 4.74 Å².